The molecule has 0 saturated carbocycles. The quantitative estimate of drug-likeness (QED) is 0.429. The maximum Gasteiger partial charge on any atom is 0.349 e. The fraction of sp³-hybridized carbons (Fsp3) is 0.0556. The third-order valence-electron chi connectivity index (χ3n) is 4.35. The van der Waals surface area contributed by atoms with E-state index in [1.807, 2.05) is 13.0 Å². The standard InChI is InChI=1S/C18H10BrClN6O2/c1-8-5-9-7-22-24-15(9)13-14(8)23-17(28-18(13)27)11-6-12(19)25-26(11)16-10(20)3-2-4-21-16/h2-7H,1H3,(H,22,24). The summed E-state index contributed by atoms with van der Waals surface area (Å²) in [5.74, 6) is 0.509. The Morgan fingerprint density at radius 3 is 3.00 bits per heavy atom. The predicted molar refractivity (Wildman–Crippen MR) is 108 cm³/mol. The summed E-state index contributed by atoms with van der Waals surface area (Å²) in [5, 5.41) is 12.8. The first kappa shape index (κ1) is 17.1. The lowest BCUT2D eigenvalue weighted by Gasteiger charge is -2.08. The van der Waals surface area contributed by atoms with Gasteiger partial charge in [0.25, 0.3) is 0 Å². The van der Waals surface area contributed by atoms with Crippen molar-refractivity contribution in [1.29, 1.82) is 0 Å². The maximum atomic E-state index is 12.8. The van der Waals surface area contributed by atoms with Crippen LogP contribution in [0.4, 0.5) is 0 Å². The van der Waals surface area contributed by atoms with Crippen molar-refractivity contribution in [3.8, 4) is 17.4 Å². The molecule has 5 rings (SSSR count). The molecule has 1 N–H and O–H groups in total. The van der Waals surface area contributed by atoms with Crippen molar-refractivity contribution in [3.63, 3.8) is 0 Å². The van der Waals surface area contributed by atoms with E-state index in [0.29, 0.717) is 37.6 Å². The van der Waals surface area contributed by atoms with E-state index in [4.69, 9.17) is 16.0 Å². The minimum Gasteiger partial charge on any atom is -0.401 e. The number of H-pyrrole nitrogens is 1. The Kier molecular flexibility index (Phi) is 3.81. The van der Waals surface area contributed by atoms with Crippen LogP contribution in [0, 0.1) is 6.92 Å². The van der Waals surface area contributed by atoms with Crippen LogP contribution in [0.1, 0.15) is 5.56 Å². The molecule has 138 valence electrons. The van der Waals surface area contributed by atoms with Crippen LogP contribution in [-0.2, 0) is 0 Å². The molecule has 0 atom stereocenters. The van der Waals surface area contributed by atoms with Crippen LogP contribution in [-0.4, -0.2) is 29.9 Å². The number of benzene rings is 1. The number of aryl methyl sites for hydroxylation is 1. The van der Waals surface area contributed by atoms with Crippen LogP contribution >= 0.6 is 27.5 Å². The Hall–Kier alpha value is -3.04. The molecule has 0 unspecified atom stereocenters. The van der Waals surface area contributed by atoms with E-state index >= 15 is 0 Å². The molecule has 8 nitrogen and oxygen atoms in total. The topological polar surface area (TPSA) is 102 Å². The highest BCUT2D eigenvalue weighted by Gasteiger charge is 2.20. The zero-order valence-corrected chi connectivity index (χ0v) is 16.6. The lowest BCUT2D eigenvalue weighted by molar-refractivity contribution is 0.513. The number of nitrogens with one attached hydrogen (secondary N) is 1. The average Bonchev–Trinajstić information content (AvgIpc) is 3.28. The number of halogens is 2. The number of hydrogen-bond donors (Lipinski definition) is 1. The number of nitrogens with zero attached hydrogens (tertiary/aromatic N) is 5. The van der Waals surface area contributed by atoms with Gasteiger partial charge in [-0.05, 0) is 46.6 Å². The normalized spacial score (nSPS) is 11.5. The summed E-state index contributed by atoms with van der Waals surface area (Å²) in [7, 11) is 0. The van der Waals surface area contributed by atoms with E-state index in [2.05, 4.69) is 41.2 Å². The zero-order valence-electron chi connectivity index (χ0n) is 14.3. The van der Waals surface area contributed by atoms with Gasteiger partial charge in [0.2, 0.25) is 5.89 Å². The van der Waals surface area contributed by atoms with Crippen molar-refractivity contribution in [2.75, 3.05) is 0 Å². The monoisotopic (exact) mass is 456 g/mol. The van der Waals surface area contributed by atoms with Gasteiger partial charge >= 0.3 is 5.63 Å². The Morgan fingerprint density at radius 2 is 2.18 bits per heavy atom. The van der Waals surface area contributed by atoms with E-state index < -0.39 is 5.63 Å². The van der Waals surface area contributed by atoms with E-state index in [9.17, 15) is 4.79 Å². The van der Waals surface area contributed by atoms with Gasteiger partial charge in [-0.15, -0.1) is 0 Å². The summed E-state index contributed by atoms with van der Waals surface area (Å²) in [6.07, 6.45) is 3.26. The van der Waals surface area contributed by atoms with Crippen LogP contribution in [0.15, 0.2) is 50.5 Å². The minimum absolute atomic E-state index is 0.111. The molecular weight excluding hydrogens is 448 g/mol. The van der Waals surface area contributed by atoms with Gasteiger partial charge in [0.05, 0.1) is 22.3 Å². The van der Waals surface area contributed by atoms with E-state index in [1.54, 1.807) is 30.6 Å². The van der Waals surface area contributed by atoms with Crippen LogP contribution in [0.2, 0.25) is 5.02 Å². The minimum atomic E-state index is -0.519. The first-order valence-corrected chi connectivity index (χ1v) is 9.34. The maximum absolute atomic E-state index is 12.8. The highest BCUT2D eigenvalue weighted by atomic mass is 79.9. The molecule has 0 fully saturated rings. The van der Waals surface area contributed by atoms with Crippen molar-refractivity contribution in [2.24, 2.45) is 0 Å². The zero-order chi connectivity index (χ0) is 19.4. The largest absolute Gasteiger partial charge is 0.401 e. The van der Waals surface area contributed by atoms with Gasteiger partial charge in [-0.3, -0.25) is 5.10 Å². The van der Waals surface area contributed by atoms with Gasteiger partial charge in [-0.1, -0.05) is 11.6 Å². The second kappa shape index (κ2) is 6.25. The number of rotatable bonds is 2. The summed E-state index contributed by atoms with van der Waals surface area (Å²) >= 11 is 9.62. The number of pyridine rings is 1. The van der Waals surface area contributed by atoms with E-state index in [1.165, 1.54) is 4.68 Å². The second-order valence-corrected chi connectivity index (χ2v) is 7.35. The van der Waals surface area contributed by atoms with Crippen LogP contribution in [0.5, 0.6) is 0 Å². The molecule has 10 heteroatoms. The number of hydrogen-bond acceptors (Lipinski definition) is 6. The van der Waals surface area contributed by atoms with Crippen molar-refractivity contribution in [3.05, 3.63) is 62.3 Å². The van der Waals surface area contributed by atoms with Gasteiger partial charge < -0.3 is 4.42 Å². The Morgan fingerprint density at radius 1 is 1.32 bits per heavy atom. The van der Waals surface area contributed by atoms with Gasteiger partial charge in [-0.25, -0.2) is 19.4 Å². The number of fused-ring (bicyclic) bond motifs is 3. The summed E-state index contributed by atoms with van der Waals surface area (Å²) in [6, 6.07) is 7.02. The fourth-order valence-corrected chi connectivity index (χ4v) is 3.71. The molecule has 1 aromatic carbocycles. The molecule has 0 aliphatic rings. The molecular formula is C18H10BrClN6O2. The highest BCUT2D eigenvalue weighted by Crippen LogP contribution is 2.29. The van der Waals surface area contributed by atoms with E-state index in [-0.39, 0.29) is 5.89 Å². The lowest BCUT2D eigenvalue weighted by atomic mass is 10.1. The summed E-state index contributed by atoms with van der Waals surface area (Å²) in [4.78, 5) is 21.7. The van der Waals surface area contributed by atoms with Gasteiger partial charge in [0.1, 0.15) is 15.7 Å². The van der Waals surface area contributed by atoms with E-state index in [0.717, 1.165) is 10.9 Å². The summed E-state index contributed by atoms with van der Waals surface area (Å²) in [5.41, 5.74) is 1.87. The molecule has 4 heterocycles. The summed E-state index contributed by atoms with van der Waals surface area (Å²) in [6.45, 7) is 1.88. The van der Waals surface area contributed by atoms with Crippen LogP contribution in [0.3, 0.4) is 0 Å². The van der Waals surface area contributed by atoms with Gasteiger partial charge in [0.15, 0.2) is 5.82 Å². The molecule has 0 aliphatic heterocycles. The average molecular weight is 458 g/mol. The second-order valence-electron chi connectivity index (χ2n) is 6.13. The van der Waals surface area contributed by atoms with Gasteiger partial charge in [0, 0.05) is 17.6 Å². The van der Waals surface area contributed by atoms with Crippen molar-refractivity contribution in [2.45, 2.75) is 6.92 Å². The molecule has 4 aromatic heterocycles. The molecule has 0 aliphatic carbocycles. The lowest BCUT2D eigenvalue weighted by Crippen LogP contribution is -2.08. The SMILES string of the molecule is Cc1cc2cn[nH]c2c2c(=O)oc(-c3cc(Br)nn3-c3ncccc3Cl)nc12. The molecule has 5 aromatic rings. The Labute approximate surface area is 170 Å². The first-order valence-electron chi connectivity index (χ1n) is 8.17. The highest BCUT2D eigenvalue weighted by molar-refractivity contribution is 9.10. The third kappa shape index (κ3) is 2.54. The Balaban J connectivity index is 1.82. The fourth-order valence-electron chi connectivity index (χ4n) is 3.14. The summed E-state index contributed by atoms with van der Waals surface area (Å²) < 4.78 is 7.56. The van der Waals surface area contributed by atoms with Gasteiger partial charge in [-0.2, -0.15) is 10.2 Å². The molecule has 0 bridgehead atoms. The Bertz CT molecular complexity index is 1440. The van der Waals surface area contributed by atoms with Crippen molar-refractivity contribution in [1.82, 2.24) is 29.9 Å². The van der Waals surface area contributed by atoms with Crippen LogP contribution in [0.25, 0.3) is 39.2 Å². The van der Waals surface area contributed by atoms with Crippen LogP contribution < -0.4 is 5.63 Å². The predicted octanol–water partition coefficient (Wildman–Crippen LogP) is 4.04. The first-order chi connectivity index (χ1) is 13.5. The molecule has 0 amide bonds. The number of aromatic amines is 1. The van der Waals surface area contributed by atoms with Crippen molar-refractivity contribution >= 4 is 49.3 Å². The molecule has 0 spiro atoms. The third-order valence-corrected chi connectivity index (χ3v) is 5.03. The molecule has 0 saturated heterocycles. The smallest absolute Gasteiger partial charge is 0.349 e. The van der Waals surface area contributed by atoms with Crippen molar-refractivity contribution < 1.29 is 4.42 Å². The number of aromatic nitrogens is 6. The molecule has 0 radical (unpaired) electrons. The molecule has 28 heavy (non-hydrogen) atoms.